The summed E-state index contributed by atoms with van der Waals surface area (Å²) in [6.45, 7) is 4.64. The van der Waals surface area contributed by atoms with Crippen LogP contribution in [0.2, 0.25) is 0 Å². The van der Waals surface area contributed by atoms with E-state index in [1.165, 1.54) is 5.69 Å². The van der Waals surface area contributed by atoms with E-state index in [1.54, 1.807) is 0 Å². The SMILES string of the molecule is CCOc1ccc(N2CCC(C#N)CC2)cc1. The highest BCUT2D eigenvalue weighted by atomic mass is 16.5. The van der Waals surface area contributed by atoms with Gasteiger partial charge >= 0.3 is 0 Å². The van der Waals surface area contributed by atoms with Crippen LogP contribution in [0.15, 0.2) is 24.3 Å². The predicted octanol–water partition coefficient (Wildman–Crippen LogP) is 2.83. The van der Waals surface area contributed by atoms with Gasteiger partial charge in [-0.1, -0.05) is 0 Å². The molecule has 3 nitrogen and oxygen atoms in total. The van der Waals surface area contributed by atoms with Gasteiger partial charge < -0.3 is 9.64 Å². The minimum Gasteiger partial charge on any atom is -0.494 e. The van der Waals surface area contributed by atoms with Crippen molar-refractivity contribution in [2.45, 2.75) is 19.8 Å². The van der Waals surface area contributed by atoms with E-state index in [-0.39, 0.29) is 5.92 Å². The number of anilines is 1. The maximum absolute atomic E-state index is 8.86. The van der Waals surface area contributed by atoms with E-state index in [0.717, 1.165) is 31.7 Å². The number of benzene rings is 1. The zero-order valence-electron chi connectivity index (χ0n) is 10.2. The monoisotopic (exact) mass is 230 g/mol. The first-order valence-electron chi connectivity index (χ1n) is 6.21. The molecule has 1 aromatic carbocycles. The molecule has 1 aliphatic rings. The van der Waals surface area contributed by atoms with Crippen LogP contribution < -0.4 is 9.64 Å². The van der Waals surface area contributed by atoms with Gasteiger partial charge in [0, 0.05) is 24.7 Å². The molecule has 0 unspecified atom stereocenters. The molecule has 0 amide bonds. The van der Waals surface area contributed by atoms with Crippen LogP contribution in [0, 0.1) is 17.2 Å². The zero-order chi connectivity index (χ0) is 12.1. The highest BCUT2D eigenvalue weighted by Gasteiger charge is 2.18. The fourth-order valence-electron chi connectivity index (χ4n) is 2.19. The molecular formula is C14H18N2O. The van der Waals surface area contributed by atoms with Crippen LogP contribution in [0.25, 0.3) is 0 Å². The van der Waals surface area contributed by atoms with Crippen molar-refractivity contribution in [2.24, 2.45) is 5.92 Å². The molecule has 0 radical (unpaired) electrons. The van der Waals surface area contributed by atoms with Crippen LogP contribution in [-0.4, -0.2) is 19.7 Å². The van der Waals surface area contributed by atoms with Crippen LogP contribution in [0.1, 0.15) is 19.8 Å². The molecule has 1 aromatic rings. The Hall–Kier alpha value is -1.69. The Kier molecular flexibility index (Phi) is 3.87. The Bertz CT molecular complexity index is 386. The molecule has 1 heterocycles. The third kappa shape index (κ3) is 2.91. The van der Waals surface area contributed by atoms with Gasteiger partial charge in [-0.05, 0) is 44.0 Å². The molecular weight excluding hydrogens is 212 g/mol. The number of rotatable bonds is 3. The van der Waals surface area contributed by atoms with E-state index in [0.29, 0.717) is 6.61 Å². The predicted molar refractivity (Wildman–Crippen MR) is 68.2 cm³/mol. The third-order valence-electron chi connectivity index (χ3n) is 3.19. The van der Waals surface area contributed by atoms with E-state index < -0.39 is 0 Å². The maximum Gasteiger partial charge on any atom is 0.119 e. The van der Waals surface area contributed by atoms with Crippen molar-refractivity contribution in [3.8, 4) is 11.8 Å². The second-order valence-corrected chi connectivity index (χ2v) is 4.32. The maximum atomic E-state index is 8.86. The first-order valence-corrected chi connectivity index (χ1v) is 6.21. The Morgan fingerprint density at radius 2 is 1.94 bits per heavy atom. The second-order valence-electron chi connectivity index (χ2n) is 4.32. The van der Waals surface area contributed by atoms with Crippen molar-refractivity contribution >= 4 is 5.69 Å². The van der Waals surface area contributed by atoms with Crippen LogP contribution >= 0.6 is 0 Å². The summed E-state index contributed by atoms with van der Waals surface area (Å²) >= 11 is 0. The molecule has 1 saturated heterocycles. The van der Waals surface area contributed by atoms with Crippen molar-refractivity contribution in [3.05, 3.63) is 24.3 Å². The van der Waals surface area contributed by atoms with Crippen LogP contribution in [-0.2, 0) is 0 Å². The van der Waals surface area contributed by atoms with E-state index in [2.05, 4.69) is 23.1 Å². The largest absolute Gasteiger partial charge is 0.494 e. The standard InChI is InChI=1S/C14H18N2O/c1-2-17-14-5-3-13(4-6-14)16-9-7-12(11-15)8-10-16/h3-6,12H,2,7-10H2,1H3. The summed E-state index contributed by atoms with van der Waals surface area (Å²) in [6.07, 6.45) is 1.95. The normalized spacial score (nSPS) is 16.6. The van der Waals surface area contributed by atoms with Gasteiger partial charge in [-0.3, -0.25) is 0 Å². The van der Waals surface area contributed by atoms with Gasteiger partial charge in [0.05, 0.1) is 12.7 Å². The van der Waals surface area contributed by atoms with Crippen LogP contribution in [0.3, 0.4) is 0 Å². The van der Waals surface area contributed by atoms with Crippen LogP contribution in [0.5, 0.6) is 5.75 Å². The fourth-order valence-corrected chi connectivity index (χ4v) is 2.19. The van der Waals surface area contributed by atoms with Gasteiger partial charge in [-0.2, -0.15) is 5.26 Å². The topological polar surface area (TPSA) is 36.3 Å². The summed E-state index contributed by atoms with van der Waals surface area (Å²) in [5, 5.41) is 8.86. The highest BCUT2D eigenvalue weighted by Crippen LogP contribution is 2.24. The van der Waals surface area contributed by atoms with Gasteiger partial charge in [-0.25, -0.2) is 0 Å². The van der Waals surface area contributed by atoms with Crippen molar-refractivity contribution in [2.75, 3.05) is 24.6 Å². The number of nitriles is 1. The molecule has 0 spiro atoms. The van der Waals surface area contributed by atoms with E-state index in [4.69, 9.17) is 10.00 Å². The minimum atomic E-state index is 0.244. The zero-order valence-corrected chi connectivity index (χ0v) is 10.2. The lowest BCUT2D eigenvalue weighted by atomic mass is 9.98. The minimum absolute atomic E-state index is 0.244. The number of piperidine rings is 1. The van der Waals surface area contributed by atoms with Crippen LogP contribution in [0.4, 0.5) is 5.69 Å². The molecule has 2 rings (SSSR count). The Labute approximate surface area is 103 Å². The fraction of sp³-hybridized carbons (Fsp3) is 0.500. The lowest BCUT2D eigenvalue weighted by Crippen LogP contribution is -2.33. The van der Waals surface area contributed by atoms with Gasteiger partial charge in [0.15, 0.2) is 0 Å². The quantitative estimate of drug-likeness (QED) is 0.801. The Morgan fingerprint density at radius 3 is 2.47 bits per heavy atom. The molecule has 17 heavy (non-hydrogen) atoms. The van der Waals surface area contributed by atoms with E-state index >= 15 is 0 Å². The molecule has 90 valence electrons. The summed E-state index contributed by atoms with van der Waals surface area (Å²) in [4.78, 5) is 2.34. The lowest BCUT2D eigenvalue weighted by Gasteiger charge is -2.31. The Morgan fingerprint density at radius 1 is 1.29 bits per heavy atom. The molecule has 0 atom stereocenters. The van der Waals surface area contributed by atoms with Gasteiger partial charge in [0.1, 0.15) is 5.75 Å². The molecule has 0 N–H and O–H groups in total. The summed E-state index contributed by atoms with van der Waals surface area (Å²) in [6, 6.07) is 10.6. The lowest BCUT2D eigenvalue weighted by molar-refractivity contribution is 0.340. The molecule has 3 heteroatoms. The first-order chi connectivity index (χ1) is 8.33. The van der Waals surface area contributed by atoms with Gasteiger partial charge in [-0.15, -0.1) is 0 Å². The van der Waals surface area contributed by atoms with Crippen molar-refractivity contribution in [1.82, 2.24) is 0 Å². The van der Waals surface area contributed by atoms with Crippen molar-refractivity contribution < 1.29 is 4.74 Å². The smallest absolute Gasteiger partial charge is 0.119 e. The average Bonchev–Trinajstić information content (AvgIpc) is 2.40. The van der Waals surface area contributed by atoms with E-state index in [9.17, 15) is 0 Å². The summed E-state index contributed by atoms with van der Waals surface area (Å²) in [7, 11) is 0. The molecule has 1 aliphatic heterocycles. The number of hydrogen-bond donors (Lipinski definition) is 0. The molecule has 0 saturated carbocycles. The first kappa shape index (κ1) is 11.8. The third-order valence-corrected chi connectivity index (χ3v) is 3.19. The van der Waals surface area contributed by atoms with Gasteiger partial charge in [0.25, 0.3) is 0 Å². The summed E-state index contributed by atoms with van der Waals surface area (Å²) < 4.78 is 5.42. The highest BCUT2D eigenvalue weighted by molar-refractivity contribution is 5.49. The van der Waals surface area contributed by atoms with E-state index in [1.807, 2.05) is 19.1 Å². The molecule has 0 aliphatic carbocycles. The van der Waals surface area contributed by atoms with Crippen molar-refractivity contribution in [1.29, 1.82) is 5.26 Å². The summed E-state index contributed by atoms with van der Waals surface area (Å²) in [5.74, 6) is 1.16. The average molecular weight is 230 g/mol. The number of nitrogens with zero attached hydrogens (tertiary/aromatic N) is 2. The number of hydrogen-bond acceptors (Lipinski definition) is 3. The Balaban J connectivity index is 1.97. The van der Waals surface area contributed by atoms with Crippen molar-refractivity contribution in [3.63, 3.8) is 0 Å². The molecule has 0 aromatic heterocycles. The molecule has 1 fully saturated rings. The van der Waals surface area contributed by atoms with Gasteiger partial charge in [0.2, 0.25) is 0 Å². The number of ether oxygens (including phenoxy) is 1. The molecule has 0 bridgehead atoms. The summed E-state index contributed by atoms with van der Waals surface area (Å²) in [5.41, 5.74) is 1.23. The second kappa shape index (κ2) is 5.58.